The Morgan fingerprint density at radius 2 is 1.84 bits per heavy atom. The summed E-state index contributed by atoms with van der Waals surface area (Å²) in [5.41, 5.74) is 1.97. The number of aromatic hydroxyl groups is 1. The number of carbonyl (C=O) groups is 1. The molecule has 3 nitrogen and oxygen atoms in total. The van der Waals surface area contributed by atoms with Crippen LogP contribution in [-0.4, -0.2) is 11.1 Å². The average molecular weight is 334 g/mol. The summed E-state index contributed by atoms with van der Waals surface area (Å²) in [4.78, 5) is 12.8. The number of ether oxygens (including phenoxy) is 1. The number of rotatable bonds is 4. The fraction of sp³-hybridized carbons (Fsp3) is 0.318. The lowest BCUT2D eigenvalue weighted by atomic mass is 9.78. The predicted molar refractivity (Wildman–Crippen MR) is 97.2 cm³/mol. The van der Waals surface area contributed by atoms with E-state index in [0.717, 1.165) is 30.4 Å². The normalized spacial score (nSPS) is 27.2. The molecule has 3 heteroatoms. The molecule has 2 saturated carbocycles. The quantitative estimate of drug-likeness (QED) is 0.808. The van der Waals surface area contributed by atoms with E-state index in [1.165, 1.54) is 6.42 Å². The van der Waals surface area contributed by atoms with Gasteiger partial charge in [0, 0.05) is 5.92 Å². The van der Waals surface area contributed by atoms with Crippen molar-refractivity contribution in [3.63, 3.8) is 0 Å². The molecule has 0 radical (unpaired) electrons. The second-order valence-electron chi connectivity index (χ2n) is 7.23. The summed E-state index contributed by atoms with van der Waals surface area (Å²) >= 11 is 0. The zero-order chi connectivity index (χ0) is 17.4. The molecule has 25 heavy (non-hydrogen) atoms. The van der Waals surface area contributed by atoms with Gasteiger partial charge in [0.1, 0.15) is 11.4 Å². The molecule has 0 aromatic heterocycles. The van der Waals surface area contributed by atoms with E-state index in [0.29, 0.717) is 17.4 Å². The first kappa shape index (κ1) is 15.9. The lowest BCUT2D eigenvalue weighted by Gasteiger charge is -2.37. The maximum absolute atomic E-state index is 12.8. The third-order valence-electron chi connectivity index (χ3n) is 5.81. The van der Waals surface area contributed by atoms with Crippen molar-refractivity contribution in [2.45, 2.75) is 31.3 Å². The number of esters is 1. The van der Waals surface area contributed by atoms with Crippen molar-refractivity contribution in [3.8, 4) is 5.75 Å². The first-order valence-electron chi connectivity index (χ1n) is 8.86. The molecule has 0 heterocycles. The Balaban J connectivity index is 1.66. The molecule has 3 atom stereocenters. The van der Waals surface area contributed by atoms with Crippen LogP contribution in [0.4, 0.5) is 0 Å². The standard InChI is InChI=1S/C22H22O3/c1-2-15-3-6-17(7-4-15)21(24)25-22(14-16-5-8-19(22)13-16)18-9-11-20(23)12-10-18/h2-4,6-7,9-12,16,19,23H,1,5,8,13-14H2. The minimum Gasteiger partial charge on any atom is -0.508 e. The molecule has 128 valence electrons. The second-order valence-corrected chi connectivity index (χ2v) is 7.23. The molecule has 4 rings (SSSR count). The van der Waals surface area contributed by atoms with Crippen LogP contribution >= 0.6 is 0 Å². The first-order chi connectivity index (χ1) is 12.1. The highest BCUT2D eigenvalue weighted by atomic mass is 16.6. The van der Waals surface area contributed by atoms with Gasteiger partial charge >= 0.3 is 5.97 Å². The molecule has 0 amide bonds. The third kappa shape index (κ3) is 2.74. The van der Waals surface area contributed by atoms with Gasteiger partial charge in [0.2, 0.25) is 0 Å². The van der Waals surface area contributed by atoms with E-state index in [1.807, 2.05) is 24.3 Å². The number of hydrogen-bond donors (Lipinski definition) is 1. The van der Waals surface area contributed by atoms with Crippen LogP contribution in [0.15, 0.2) is 55.1 Å². The number of phenolic OH excluding ortho intramolecular Hbond substituents is 1. The van der Waals surface area contributed by atoms with E-state index in [4.69, 9.17) is 4.74 Å². The SMILES string of the molecule is C=Cc1ccc(C(=O)OC2(c3ccc(O)cc3)CC3CCC2C3)cc1. The van der Waals surface area contributed by atoms with Gasteiger partial charge < -0.3 is 9.84 Å². The molecule has 2 aliphatic carbocycles. The number of phenols is 1. The van der Waals surface area contributed by atoms with E-state index < -0.39 is 5.60 Å². The van der Waals surface area contributed by atoms with Crippen molar-refractivity contribution in [2.75, 3.05) is 0 Å². The molecule has 2 aliphatic rings. The summed E-state index contributed by atoms with van der Waals surface area (Å²) in [6.45, 7) is 3.74. The minimum atomic E-state index is -0.565. The molecule has 2 aromatic carbocycles. The van der Waals surface area contributed by atoms with Gasteiger partial charge in [0.05, 0.1) is 5.56 Å². The zero-order valence-corrected chi connectivity index (χ0v) is 14.2. The molecule has 2 bridgehead atoms. The van der Waals surface area contributed by atoms with Crippen LogP contribution in [0.5, 0.6) is 5.75 Å². The Hall–Kier alpha value is -2.55. The van der Waals surface area contributed by atoms with Crippen molar-refractivity contribution < 1.29 is 14.6 Å². The summed E-state index contributed by atoms with van der Waals surface area (Å²) in [5, 5.41) is 9.61. The van der Waals surface area contributed by atoms with E-state index >= 15 is 0 Å². The second kappa shape index (κ2) is 6.07. The van der Waals surface area contributed by atoms with Gasteiger partial charge in [-0.05, 0) is 67.0 Å². The maximum Gasteiger partial charge on any atom is 0.339 e. The monoisotopic (exact) mass is 334 g/mol. The van der Waals surface area contributed by atoms with Gasteiger partial charge in [0.25, 0.3) is 0 Å². The Morgan fingerprint density at radius 3 is 2.40 bits per heavy atom. The number of hydrogen-bond acceptors (Lipinski definition) is 3. The topological polar surface area (TPSA) is 46.5 Å². The summed E-state index contributed by atoms with van der Waals surface area (Å²) in [6.07, 6.45) is 6.05. The van der Waals surface area contributed by atoms with Crippen LogP contribution in [0.25, 0.3) is 6.08 Å². The molecule has 0 aliphatic heterocycles. The van der Waals surface area contributed by atoms with Gasteiger partial charge in [-0.3, -0.25) is 0 Å². The van der Waals surface area contributed by atoms with E-state index in [2.05, 4.69) is 6.58 Å². The van der Waals surface area contributed by atoms with E-state index in [9.17, 15) is 9.90 Å². The van der Waals surface area contributed by atoms with Gasteiger partial charge in [-0.1, -0.05) is 36.9 Å². The zero-order valence-electron chi connectivity index (χ0n) is 14.2. The Labute approximate surface area is 148 Å². The summed E-state index contributed by atoms with van der Waals surface area (Å²) in [7, 11) is 0. The number of benzene rings is 2. The van der Waals surface area contributed by atoms with E-state index in [-0.39, 0.29) is 11.7 Å². The van der Waals surface area contributed by atoms with Crippen molar-refractivity contribution >= 4 is 12.0 Å². The summed E-state index contributed by atoms with van der Waals surface area (Å²) in [5.74, 6) is 0.929. The van der Waals surface area contributed by atoms with E-state index in [1.54, 1.807) is 30.3 Å². The van der Waals surface area contributed by atoms with Crippen LogP contribution in [0, 0.1) is 11.8 Å². The molecule has 0 spiro atoms. The Kier molecular flexibility index (Phi) is 3.87. The van der Waals surface area contributed by atoms with Crippen LogP contribution < -0.4 is 0 Å². The molecule has 2 fully saturated rings. The van der Waals surface area contributed by atoms with Crippen LogP contribution in [0.3, 0.4) is 0 Å². The van der Waals surface area contributed by atoms with Crippen molar-refractivity contribution in [1.29, 1.82) is 0 Å². The maximum atomic E-state index is 12.8. The van der Waals surface area contributed by atoms with Gasteiger partial charge in [-0.2, -0.15) is 0 Å². The van der Waals surface area contributed by atoms with Crippen LogP contribution in [-0.2, 0) is 10.3 Å². The summed E-state index contributed by atoms with van der Waals surface area (Å²) < 4.78 is 6.17. The number of fused-ring (bicyclic) bond motifs is 2. The average Bonchev–Trinajstić information content (AvgIpc) is 3.24. The Morgan fingerprint density at radius 1 is 1.12 bits per heavy atom. The van der Waals surface area contributed by atoms with Crippen LogP contribution in [0.2, 0.25) is 0 Å². The fourth-order valence-electron chi connectivity index (χ4n) is 4.54. The van der Waals surface area contributed by atoms with Gasteiger partial charge in [-0.15, -0.1) is 0 Å². The Bertz CT molecular complexity index is 791. The minimum absolute atomic E-state index is 0.230. The van der Waals surface area contributed by atoms with Gasteiger partial charge in [0.15, 0.2) is 0 Å². The lowest BCUT2D eigenvalue weighted by Crippen LogP contribution is -2.37. The highest BCUT2D eigenvalue weighted by Crippen LogP contribution is 2.57. The number of carbonyl (C=O) groups excluding carboxylic acids is 1. The summed E-state index contributed by atoms with van der Waals surface area (Å²) in [6, 6.07) is 14.5. The molecule has 0 saturated heterocycles. The molecular formula is C22H22O3. The third-order valence-corrected chi connectivity index (χ3v) is 5.81. The molecule has 3 unspecified atom stereocenters. The predicted octanol–water partition coefficient (Wildman–Crippen LogP) is 4.91. The highest BCUT2D eigenvalue weighted by Gasteiger charge is 2.54. The lowest BCUT2D eigenvalue weighted by molar-refractivity contribution is -0.0530. The smallest absolute Gasteiger partial charge is 0.339 e. The first-order valence-corrected chi connectivity index (χ1v) is 8.86. The van der Waals surface area contributed by atoms with Crippen LogP contribution in [0.1, 0.15) is 47.2 Å². The highest BCUT2D eigenvalue weighted by molar-refractivity contribution is 5.90. The van der Waals surface area contributed by atoms with Crippen molar-refractivity contribution in [3.05, 3.63) is 71.8 Å². The van der Waals surface area contributed by atoms with Gasteiger partial charge in [-0.25, -0.2) is 4.79 Å². The molecular weight excluding hydrogens is 312 g/mol. The molecule has 1 N–H and O–H groups in total. The largest absolute Gasteiger partial charge is 0.508 e. The van der Waals surface area contributed by atoms with Crippen molar-refractivity contribution in [1.82, 2.24) is 0 Å². The fourth-order valence-corrected chi connectivity index (χ4v) is 4.54. The molecule has 2 aromatic rings. The van der Waals surface area contributed by atoms with Crippen molar-refractivity contribution in [2.24, 2.45) is 11.8 Å².